The molecule has 0 saturated carbocycles. The van der Waals surface area contributed by atoms with Gasteiger partial charge in [-0.05, 0) is 18.6 Å². The Labute approximate surface area is 93.4 Å². The molecule has 0 spiro atoms. The lowest BCUT2D eigenvalue weighted by Gasteiger charge is -2.07. The molecule has 0 bridgehead atoms. The van der Waals surface area contributed by atoms with Crippen molar-refractivity contribution in [1.29, 1.82) is 0 Å². The van der Waals surface area contributed by atoms with Crippen molar-refractivity contribution in [2.45, 2.75) is 27.2 Å². The van der Waals surface area contributed by atoms with Gasteiger partial charge in [-0.1, -0.05) is 36.7 Å². The summed E-state index contributed by atoms with van der Waals surface area (Å²) in [4.78, 5) is 0. The number of ether oxygens (including phenoxy) is 1. The minimum atomic E-state index is -0.269. The highest BCUT2D eigenvalue weighted by Gasteiger charge is 2.09. The summed E-state index contributed by atoms with van der Waals surface area (Å²) in [7, 11) is 1.46. The van der Waals surface area contributed by atoms with Gasteiger partial charge in [0, 0.05) is 10.0 Å². The molecule has 0 radical (unpaired) electrons. The van der Waals surface area contributed by atoms with Crippen LogP contribution in [0, 0.1) is 5.82 Å². The second-order valence-electron chi connectivity index (χ2n) is 2.40. The van der Waals surface area contributed by atoms with Gasteiger partial charge in [0.25, 0.3) is 0 Å². The predicted octanol–water partition coefficient (Wildman–Crippen LogP) is 4.19. The standard InChI is InChI=1S/C9H10BrFO.C2H6/c1-3-6-7(10)4-5-8(12-2)9(6)11;1-2/h4-5H,3H2,1-2H3;1-2H3. The van der Waals surface area contributed by atoms with Crippen LogP contribution in [0.15, 0.2) is 16.6 Å². The third-order valence-electron chi connectivity index (χ3n) is 1.72. The smallest absolute Gasteiger partial charge is 0.169 e. The van der Waals surface area contributed by atoms with Gasteiger partial charge in [0.15, 0.2) is 11.6 Å². The van der Waals surface area contributed by atoms with Crippen LogP contribution in [-0.2, 0) is 6.42 Å². The van der Waals surface area contributed by atoms with E-state index in [4.69, 9.17) is 4.74 Å². The molecule has 1 rings (SSSR count). The molecule has 1 aromatic rings. The number of hydrogen-bond acceptors (Lipinski definition) is 1. The molecular formula is C11H16BrFO. The van der Waals surface area contributed by atoms with Gasteiger partial charge in [0.05, 0.1) is 7.11 Å². The molecule has 14 heavy (non-hydrogen) atoms. The van der Waals surface area contributed by atoms with Crippen LogP contribution in [0.3, 0.4) is 0 Å². The van der Waals surface area contributed by atoms with Gasteiger partial charge in [-0.2, -0.15) is 0 Å². The normalized spacial score (nSPS) is 9.00. The average Bonchev–Trinajstić information content (AvgIpc) is 2.22. The monoisotopic (exact) mass is 262 g/mol. The molecule has 0 saturated heterocycles. The van der Waals surface area contributed by atoms with Gasteiger partial charge in [0.1, 0.15) is 0 Å². The van der Waals surface area contributed by atoms with Gasteiger partial charge in [-0.15, -0.1) is 0 Å². The second kappa shape index (κ2) is 6.82. The highest BCUT2D eigenvalue weighted by atomic mass is 79.9. The lowest BCUT2D eigenvalue weighted by atomic mass is 10.1. The Morgan fingerprint density at radius 1 is 1.36 bits per heavy atom. The fourth-order valence-electron chi connectivity index (χ4n) is 1.06. The van der Waals surface area contributed by atoms with E-state index in [0.717, 1.165) is 4.47 Å². The highest BCUT2D eigenvalue weighted by Crippen LogP contribution is 2.27. The Kier molecular flexibility index (Phi) is 6.54. The van der Waals surface area contributed by atoms with E-state index < -0.39 is 0 Å². The molecule has 0 N–H and O–H groups in total. The quantitative estimate of drug-likeness (QED) is 0.777. The molecule has 0 aliphatic heterocycles. The van der Waals surface area contributed by atoms with E-state index in [1.54, 1.807) is 12.1 Å². The maximum Gasteiger partial charge on any atom is 0.169 e. The molecule has 0 fully saturated rings. The molecular weight excluding hydrogens is 247 g/mol. The maximum absolute atomic E-state index is 13.4. The van der Waals surface area contributed by atoms with E-state index in [0.29, 0.717) is 17.7 Å². The van der Waals surface area contributed by atoms with Gasteiger partial charge >= 0.3 is 0 Å². The summed E-state index contributed by atoms with van der Waals surface area (Å²) in [6.07, 6.45) is 0.656. The third kappa shape index (κ3) is 2.98. The highest BCUT2D eigenvalue weighted by molar-refractivity contribution is 9.10. The molecule has 1 nitrogen and oxygen atoms in total. The molecule has 0 unspecified atom stereocenters. The zero-order chi connectivity index (χ0) is 11.1. The van der Waals surface area contributed by atoms with Gasteiger partial charge < -0.3 is 4.74 Å². The first-order chi connectivity index (χ1) is 6.70. The minimum absolute atomic E-state index is 0.269. The van der Waals surface area contributed by atoms with Crippen LogP contribution < -0.4 is 4.74 Å². The van der Waals surface area contributed by atoms with Crippen molar-refractivity contribution in [1.82, 2.24) is 0 Å². The fraction of sp³-hybridized carbons (Fsp3) is 0.455. The summed E-state index contributed by atoms with van der Waals surface area (Å²) in [5, 5.41) is 0. The Bertz CT molecular complexity index is 287. The summed E-state index contributed by atoms with van der Waals surface area (Å²) in [5.41, 5.74) is 0.661. The van der Waals surface area contributed by atoms with Crippen LogP contribution in [0.2, 0.25) is 0 Å². The largest absolute Gasteiger partial charge is 0.494 e. The van der Waals surface area contributed by atoms with Crippen LogP contribution in [-0.4, -0.2) is 7.11 Å². The van der Waals surface area contributed by atoms with Gasteiger partial charge in [0.2, 0.25) is 0 Å². The van der Waals surface area contributed by atoms with Crippen molar-refractivity contribution < 1.29 is 9.13 Å². The number of benzene rings is 1. The topological polar surface area (TPSA) is 9.23 Å². The molecule has 0 heterocycles. The molecule has 0 atom stereocenters. The molecule has 0 aromatic heterocycles. The Morgan fingerprint density at radius 3 is 2.36 bits per heavy atom. The number of rotatable bonds is 2. The zero-order valence-corrected chi connectivity index (χ0v) is 10.6. The van der Waals surface area contributed by atoms with E-state index in [9.17, 15) is 4.39 Å². The van der Waals surface area contributed by atoms with Crippen molar-refractivity contribution in [3.63, 3.8) is 0 Å². The van der Waals surface area contributed by atoms with Crippen LogP contribution in [0.4, 0.5) is 4.39 Å². The maximum atomic E-state index is 13.4. The van der Waals surface area contributed by atoms with Crippen LogP contribution in [0.1, 0.15) is 26.3 Å². The molecule has 1 aromatic carbocycles. The van der Waals surface area contributed by atoms with E-state index in [1.807, 2.05) is 20.8 Å². The minimum Gasteiger partial charge on any atom is -0.494 e. The van der Waals surface area contributed by atoms with Crippen molar-refractivity contribution in [3.05, 3.63) is 28.0 Å². The zero-order valence-electron chi connectivity index (χ0n) is 9.03. The summed E-state index contributed by atoms with van der Waals surface area (Å²) < 4.78 is 19.0. The number of methoxy groups -OCH3 is 1. The first-order valence-corrected chi connectivity index (χ1v) is 5.50. The van der Waals surface area contributed by atoms with Crippen LogP contribution in [0.25, 0.3) is 0 Å². The van der Waals surface area contributed by atoms with Crippen LogP contribution >= 0.6 is 15.9 Å². The molecule has 0 aliphatic carbocycles. The van der Waals surface area contributed by atoms with Crippen LogP contribution in [0.5, 0.6) is 5.75 Å². The van der Waals surface area contributed by atoms with Gasteiger partial charge in [-0.25, -0.2) is 4.39 Å². The van der Waals surface area contributed by atoms with E-state index >= 15 is 0 Å². The molecule has 0 amide bonds. The summed E-state index contributed by atoms with van der Waals surface area (Å²) >= 11 is 3.28. The number of halogens is 2. The average molecular weight is 263 g/mol. The molecule has 80 valence electrons. The van der Waals surface area contributed by atoms with Crippen molar-refractivity contribution in [3.8, 4) is 5.75 Å². The number of hydrogen-bond donors (Lipinski definition) is 0. The van der Waals surface area contributed by atoms with Gasteiger partial charge in [-0.3, -0.25) is 0 Å². The fourth-order valence-corrected chi connectivity index (χ4v) is 1.64. The first kappa shape index (κ1) is 13.4. The molecule has 0 aliphatic rings. The van der Waals surface area contributed by atoms with E-state index in [2.05, 4.69) is 15.9 Å². The SMILES string of the molecule is CC.CCc1c(Br)ccc(OC)c1F. The summed E-state index contributed by atoms with van der Waals surface area (Å²) in [6.45, 7) is 5.91. The third-order valence-corrected chi connectivity index (χ3v) is 2.47. The Balaban J connectivity index is 0.000000791. The Hall–Kier alpha value is -0.570. The summed E-state index contributed by atoms with van der Waals surface area (Å²) in [6, 6.07) is 3.40. The van der Waals surface area contributed by atoms with Crippen molar-refractivity contribution in [2.75, 3.05) is 7.11 Å². The van der Waals surface area contributed by atoms with Crippen molar-refractivity contribution >= 4 is 15.9 Å². The van der Waals surface area contributed by atoms with E-state index in [-0.39, 0.29) is 5.82 Å². The summed E-state index contributed by atoms with van der Waals surface area (Å²) in [5.74, 6) is 0.0319. The first-order valence-electron chi connectivity index (χ1n) is 4.71. The lowest BCUT2D eigenvalue weighted by molar-refractivity contribution is 0.384. The van der Waals surface area contributed by atoms with Crippen molar-refractivity contribution in [2.24, 2.45) is 0 Å². The Morgan fingerprint density at radius 2 is 1.93 bits per heavy atom. The lowest BCUT2D eigenvalue weighted by Crippen LogP contribution is -1.94. The van der Waals surface area contributed by atoms with E-state index in [1.165, 1.54) is 7.11 Å². The predicted molar refractivity (Wildman–Crippen MR) is 61.4 cm³/mol. The molecule has 3 heteroatoms. The second-order valence-corrected chi connectivity index (χ2v) is 3.25.